The van der Waals surface area contributed by atoms with Gasteiger partial charge in [-0.3, -0.25) is 20.2 Å². The average molecular weight is 448 g/mol. The zero-order chi connectivity index (χ0) is 22.7. The molecular weight excluding hydrogens is 422 g/mol. The summed E-state index contributed by atoms with van der Waals surface area (Å²) < 4.78 is 8.22. The minimum Gasteiger partial charge on any atom is -0.491 e. The lowest BCUT2D eigenvalue weighted by molar-refractivity contribution is -0.123. The van der Waals surface area contributed by atoms with Crippen LogP contribution in [-0.2, 0) is 16.1 Å². The summed E-state index contributed by atoms with van der Waals surface area (Å²) in [5.74, 6) is 0.339. The van der Waals surface area contributed by atoms with Gasteiger partial charge >= 0.3 is 0 Å². The lowest BCUT2D eigenvalue weighted by Gasteiger charge is -2.16. The third kappa shape index (κ3) is 4.43. The number of carbonyl (C=O) groups excluding carboxylic acids is 2. The molecule has 2 aromatic carbocycles. The lowest BCUT2D eigenvalue weighted by Crippen LogP contribution is -2.51. The van der Waals surface area contributed by atoms with Crippen molar-refractivity contribution in [1.29, 1.82) is 0 Å². The molecule has 0 aliphatic carbocycles. The topological polar surface area (TPSA) is 72.4 Å². The maximum atomic E-state index is 12.2. The van der Waals surface area contributed by atoms with Gasteiger partial charge in [0.05, 0.1) is 6.54 Å². The second-order valence-electron chi connectivity index (χ2n) is 7.79. The molecular formula is C25H25N3O3S. The average Bonchev–Trinajstić information content (AvgIpc) is 3.13. The largest absolute Gasteiger partial charge is 0.491 e. The molecule has 0 bridgehead atoms. The molecule has 1 atom stereocenters. The Kier molecular flexibility index (Phi) is 6.37. The van der Waals surface area contributed by atoms with Crippen LogP contribution in [0.2, 0.25) is 0 Å². The number of benzene rings is 2. The number of nitrogens with zero attached hydrogens (tertiary/aromatic N) is 1. The van der Waals surface area contributed by atoms with Crippen LogP contribution in [0.25, 0.3) is 17.0 Å². The van der Waals surface area contributed by atoms with E-state index in [1.807, 2.05) is 48.7 Å². The molecule has 4 rings (SSSR count). The molecule has 1 aromatic heterocycles. The summed E-state index contributed by atoms with van der Waals surface area (Å²) in [5.41, 5.74) is 3.03. The van der Waals surface area contributed by atoms with Crippen LogP contribution in [0.1, 0.15) is 37.3 Å². The third-order valence-corrected chi connectivity index (χ3v) is 5.92. The van der Waals surface area contributed by atoms with Crippen LogP contribution < -0.4 is 15.4 Å². The Hall–Kier alpha value is -3.45. The molecule has 1 saturated heterocycles. The van der Waals surface area contributed by atoms with Crippen LogP contribution in [-0.4, -0.2) is 28.1 Å². The van der Waals surface area contributed by atoms with Gasteiger partial charge < -0.3 is 9.30 Å². The zero-order valence-corrected chi connectivity index (χ0v) is 18.9. The van der Waals surface area contributed by atoms with E-state index in [9.17, 15) is 9.59 Å². The number of hydrogen-bond donors (Lipinski definition) is 2. The van der Waals surface area contributed by atoms with Crippen molar-refractivity contribution in [3.8, 4) is 5.75 Å². The molecule has 2 N–H and O–H groups in total. The van der Waals surface area contributed by atoms with E-state index in [0.29, 0.717) is 19.1 Å². The Labute approximate surface area is 192 Å². The highest BCUT2D eigenvalue weighted by Gasteiger charge is 2.26. The molecule has 0 unspecified atom stereocenters. The number of amides is 2. The first-order valence-corrected chi connectivity index (χ1v) is 11.1. The molecule has 6 nitrogen and oxygen atoms in total. The van der Waals surface area contributed by atoms with Crippen molar-refractivity contribution in [3.05, 3.63) is 71.4 Å². The Morgan fingerprint density at radius 3 is 2.50 bits per heavy atom. The molecule has 3 aromatic rings. The molecule has 7 heteroatoms. The van der Waals surface area contributed by atoms with Crippen LogP contribution in [0.4, 0.5) is 0 Å². The van der Waals surface area contributed by atoms with Gasteiger partial charge in [-0.2, -0.15) is 0 Å². The number of aromatic nitrogens is 1. The maximum absolute atomic E-state index is 12.2. The fraction of sp³-hybridized carbons (Fsp3) is 0.240. The predicted octanol–water partition coefficient (Wildman–Crippen LogP) is 4.15. The van der Waals surface area contributed by atoms with Gasteiger partial charge in [-0.05, 0) is 48.3 Å². The number of nitrogens with one attached hydrogen (secondary N) is 2. The summed E-state index contributed by atoms with van der Waals surface area (Å²) in [6.45, 7) is 5.49. The Morgan fingerprint density at radius 2 is 1.75 bits per heavy atom. The van der Waals surface area contributed by atoms with Gasteiger partial charge in [-0.1, -0.05) is 50.2 Å². The molecule has 1 fully saturated rings. The summed E-state index contributed by atoms with van der Waals surface area (Å²) in [6, 6.07) is 16.0. The quantitative estimate of drug-likeness (QED) is 0.324. The minimum atomic E-state index is -0.499. The fourth-order valence-corrected chi connectivity index (χ4v) is 4.02. The molecule has 1 aliphatic heterocycles. The van der Waals surface area contributed by atoms with E-state index in [4.69, 9.17) is 17.0 Å². The smallest absolute Gasteiger partial charge is 0.263 e. The number of hydrogen-bond acceptors (Lipinski definition) is 4. The monoisotopic (exact) mass is 447 g/mol. The third-order valence-electron chi connectivity index (χ3n) is 5.71. The van der Waals surface area contributed by atoms with Gasteiger partial charge in [0.2, 0.25) is 0 Å². The van der Waals surface area contributed by atoms with Gasteiger partial charge in [0.1, 0.15) is 17.9 Å². The fourth-order valence-electron chi connectivity index (χ4n) is 3.83. The van der Waals surface area contributed by atoms with Gasteiger partial charge in [0, 0.05) is 22.7 Å². The van der Waals surface area contributed by atoms with Crippen LogP contribution in [0.15, 0.2) is 60.3 Å². The van der Waals surface area contributed by atoms with E-state index >= 15 is 0 Å². The van der Waals surface area contributed by atoms with Crippen molar-refractivity contribution in [3.63, 3.8) is 0 Å². The molecule has 0 spiro atoms. The van der Waals surface area contributed by atoms with Crippen LogP contribution in [0.5, 0.6) is 5.75 Å². The first-order valence-electron chi connectivity index (χ1n) is 10.7. The highest BCUT2D eigenvalue weighted by Crippen LogP contribution is 2.29. The maximum Gasteiger partial charge on any atom is 0.263 e. The van der Waals surface area contributed by atoms with Crippen LogP contribution >= 0.6 is 12.2 Å². The Morgan fingerprint density at radius 1 is 1.06 bits per heavy atom. The summed E-state index contributed by atoms with van der Waals surface area (Å²) >= 11 is 4.87. The molecule has 164 valence electrons. The summed E-state index contributed by atoms with van der Waals surface area (Å²) in [4.78, 5) is 24.5. The standard InChI is InChI=1S/C25H25N3O3S/c1-3-16(2)18-8-5-7-11-22(18)31-13-12-28-15-17(19-9-4-6-10-21(19)28)14-20-23(29)26-25(32)27-24(20)30/h4-11,14-16H,3,12-13H2,1-2H3,(H2,26,27,29,30,32)/t16-/m1/s1. The second kappa shape index (κ2) is 9.36. The van der Waals surface area contributed by atoms with Crippen molar-refractivity contribution in [1.82, 2.24) is 15.2 Å². The molecule has 32 heavy (non-hydrogen) atoms. The Balaban J connectivity index is 1.58. The van der Waals surface area contributed by atoms with Gasteiger partial charge in [-0.25, -0.2) is 0 Å². The van der Waals surface area contributed by atoms with Crippen molar-refractivity contribution in [2.45, 2.75) is 32.7 Å². The SMILES string of the molecule is CC[C@@H](C)c1ccccc1OCCn1cc(C=C2C(=O)NC(=S)NC2=O)c2ccccc21. The Bertz CT molecular complexity index is 1210. The van der Waals surface area contributed by atoms with Gasteiger partial charge in [-0.15, -0.1) is 0 Å². The summed E-state index contributed by atoms with van der Waals surface area (Å²) in [5, 5.41) is 5.92. The second-order valence-corrected chi connectivity index (χ2v) is 8.19. The number of para-hydroxylation sites is 2. The first-order chi connectivity index (χ1) is 15.5. The van der Waals surface area contributed by atoms with E-state index in [1.165, 1.54) is 5.56 Å². The predicted molar refractivity (Wildman–Crippen MR) is 129 cm³/mol. The summed E-state index contributed by atoms with van der Waals surface area (Å²) in [6.07, 6.45) is 4.59. The van der Waals surface area contributed by atoms with Crippen molar-refractivity contribution in [2.75, 3.05) is 6.61 Å². The minimum absolute atomic E-state index is 0.0226. The highest BCUT2D eigenvalue weighted by molar-refractivity contribution is 7.80. The lowest BCUT2D eigenvalue weighted by atomic mass is 9.98. The van der Waals surface area contributed by atoms with Crippen molar-refractivity contribution in [2.24, 2.45) is 0 Å². The van der Waals surface area contributed by atoms with E-state index in [0.717, 1.165) is 28.6 Å². The number of rotatable bonds is 7. The molecule has 0 radical (unpaired) electrons. The number of ether oxygens (including phenoxy) is 1. The number of fused-ring (bicyclic) bond motifs is 1. The van der Waals surface area contributed by atoms with E-state index in [-0.39, 0.29) is 10.7 Å². The first kappa shape index (κ1) is 21.8. The molecule has 1 aliphatic rings. The number of thiocarbonyl (C=S) groups is 1. The van der Waals surface area contributed by atoms with E-state index < -0.39 is 11.8 Å². The van der Waals surface area contributed by atoms with Crippen molar-refractivity contribution >= 4 is 46.1 Å². The van der Waals surface area contributed by atoms with E-state index in [1.54, 1.807) is 6.08 Å². The normalized spacial score (nSPS) is 14.8. The highest BCUT2D eigenvalue weighted by atomic mass is 32.1. The van der Waals surface area contributed by atoms with Gasteiger partial charge in [0.25, 0.3) is 11.8 Å². The van der Waals surface area contributed by atoms with E-state index in [2.05, 4.69) is 35.1 Å². The van der Waals surface area contributed by atoms with Gasteiger partial charge in [0.15, 0.2) is 5.11 Å². The molecule has 2 heterocycles. The van der Waals surface area contributed by atoms with Crippen molar-refractivity contribution < 1.29 is 14.3 Å². The molecule has 2 amide bonds. The van der Waals surface area contributed by atoms with Crippen LogP contribution in [0, 0.1) is 0 Å². The number of carbonyl (C=O) groups is 2. The summed E-state index contributed by atoms with van der Waals surface area (Å²) in [7, 11) is 0. The molecule has 0 saturated carbocycles. The van der Waals surface area contributed by atoms with Crippen LogP contribution in [0.3, 0.4) is 0 Å². The zero-order valence-electron chi connectivity index (χ0n) is 18.1.